The van der Waals surface area contributed by atoms with Gasteiger partial charge in [0.1, 0.15) is 0 Å². The average molecular weight is 226 g/mol. The molecule has 4 rings (SSSR count). The fourth-order valence-electron chi connectivity index (χ4n) is 3.14. The van der Waals surface area contributed by atoms with E-state index in [-0.39, 0.29) is 5.54 Å². The maximum atomic E-state index is 6.29. The third-order valence-corrected chi connectivity index (χ3v) is 4.46. The molecule has 88 valence electrons. The van der Waals surface area contributed by atoms with Crippen LogP contribution in [0.25, 0.3) is 10.9 Å². The fraction of sp³-hybridized carbons (Fsp3) is 0.467. The van der Waals surface area contributed by atoms with E-state index in [0.717, 1.165) is 12.8 Å². The van der Waals surface area contributed by atoms with Crippen molar-refractivity contribution in [2.75, 3.05) is 0 Å². The first-order valence-corrected chi connectivity index (χ1v) is 6.69. The third kappa shape index (κ3) is 1.37. The first kappa shape index (κ1) is 9.72. The van der Waals surface area contributed by atoms with Gasteiger partial charge in [0.15, 0.2) is 0 Å². The second-order valence-electron chi connectivity index (χ2n) is 5.71. The molecule has 1 aromatic heterocycles. The Balaban J connectivity index is 1.93. The van der Waals surface area contributed by atoms with E-state index in [2.05, 4.69) is 23.2 Å². The van der Waals surface area contributed by atoms with Crippen molar-refractivity contribution in [3.8, 4) is 0 Å². The molecule has 0 amide bonds. The molecule has 1 saturated carbocycles. The van der Waals surface area contributed by atoms with Crippen LogP contribution in [0.3, 0.4) is 0 Å². The molecule has 1 aromatic carbocycles. The number of aromatic nitrogens is 1. The minimum atomic E-state index is -0.00693. The number of H-pyrrole nitrogens is 1. The summed E-state index contributed by atoms with van der Waals surface area (Å²) in [5.74, 6) is 0. The molecule has 2 heteroatoms. The van der Waals surface area contributed by atoms with Crippen molar-refractivity contribution in [2.24, 2.45) is 5.73 Å². The molecule has 17 heavy (non-hydrogen) atoms. The Labute approximate surface area is 101 Å². The smallest absolute Gasteiger partial charge is 0.0459 e. The molecule has 1 heterocycles. The number of aryl methyl sites for hydroxylation is 2. The Hall–Kier alpha value is -1.28. The van der Waals surface area contributed by atoms with E-state index < -0.39 is 0 Å². The topological polar surface area (TPSA) is 41.8 Å². The number of nitrogens with two attached hydrogens (primary N) is 1. The van der Waals surface area contributed by atoms with Crippen LogP contribution in [0, 0.1) is 0 Å². The summed E-state index contributed by atoms with van der Waals surface area (Å²) in [6.45, 7) is 0. The van der Waals surface area contributed by atoms with Crippen molar-refractivity contribution in [1.82, 2.24) is 4.98 Å². The number of aromatic amines is 1. The summed E-state index contributed by atoms with van der Waals surface area (Å²) < 4.78 is 0. The Bertz CT molecular complexity index is 590. The minimum absolute atomic E-state index is 0.00693. The van der Waals surface area contributed by atoms with E-state index in [1.807, 2.05) is 0 Å². The summed E-state index contributed by atoms with van der Waals surface area (Å²) in [5, 5.41) is 1.42. The Kier molecular flexibility index (Phi) is 1.79. The Morgan fingerprint density at radius 3 is 2.76 bits per heavy atom. The lowest BCUT2D eigenvalue weighted by molar-refractivity contribution is 0.680. The van der Waals surface area contributed by atoms with Crippen molar-refractivity contribution in [2.45, 2.75) is 44.1 Å². The van der Waals surface area contributed by atoms with Crippen molar-refractivity contribution >= 4 is 10.9 Å². The number of hydrogen-bond donors (Lipinski definition) is 2. The zero-order valence-corrected chi connectivity index (χ0v) is 10.1. The van der Waals surface area contributed by atoms with Gasteiger partial charge in [0, 0.05) is 22.1 Å². The lowest BCUT2D eigenvalue weighted by atomic mass is 9.94. The summed E-state index contributed by atoms with van der Waals surface area (Å²) in [6, 6.07) is 6.76. The van der Waals surface area contributed by atoms with Gasteiger partial charge in [-0.1, -0.05) is 6.07 Å². The highest BCUT2D eigenvalue weighted by Crippen LogP contribution is 2.44. The summed E-state index contributed by atoms with van der Waals surface area (Å²) in [7, 11) is 0. The van der Waals surface area contributed by atoms with Crippen LogP contribution >= 0.6 is 0 Å². The molecule has 0 bridgehead atoms. The zero-order chi connectivity index (χ0) is 11.5. The van der Waals surface area contributed by atoms with Gasteiger partial charge < -0.3 is 10.7 Å². The number of benzene rings is 1. The Morgan fingerprint density at radius 1 is 1.12 bits per heavy atom. The predicted octanol–water partition coefficient (Wildman–Crippen LogP) is 2.99. The second kappa shape index (κ2) is 3.14. The normalized spacial score (nSPS) is 21.5. The molecule has 2 aromatic rings. The van der Waals surface area contributed by atoms with Gasteiger partial charge in [0.25, 0.3) is 0 Å². The van der Waals surface area contributed by atoms with Gasteiger partial charge in [-0.3, -0.25) is 0 Å². The molecular formula is C15H18N2. The molecule has 0 saturated heterocycles. The summed E-state index contributed by atoms with van der Waals surface area (Å²) in [5.41, 5.74) is 11.9. The molecule has 2 nitrogen and oxygen atoms in total. The van der Waals surface area contributed by atoms with E-state index in [9.17, 15) is 0 Å². The standard InChI is InChI=1S/C15H18N2/c16-15(7-8-15)10-5-6-14-12(9-10)11-3-1-2-4-13(11)17-14/h5-6,9,17H,1-4,7-8,16H2. The van der Waals surface area contributed by atoms with E-state index in [0.29, 0.717) is 0 Å². The maximum absolute atomic E-state index is 6.29. The highest BCUT2D eigenvalue weighted by atomic mass is 14.8. The quantitative estimate of drug-likeness (QED) is 0.771. The fourth-order valence-corrected chi connectivity index (χ4v) is 3.14. The van der Waals surface area contributed by atoms with Gasteiger partial charge in [0.2, 0.25) is 0 Å². The highest BCUT2D eigenvalue weighted by Gasteiger charge is 2.40. The molecule has 0 aliphatic heterocycles. The molecule has 2 aliphatic rings. The van der Waals surface area contributed by atoms with Crippen molar-refractivity contribution in [3.05, 3.63) is 35.0 Å². The number of fused-ring (bicyclic) bond motifs is 3. The van der Waals surface area contributed by atoms with Gasteiger partial charge in [-0.15, -0.1) is 0 Å². The molecule has 3 N–H and O–H groups in total. The van der Waals surface area contributed by atoms with Gasteiger partial charge in [-0.2, -0.15) is 0 Å². The van der Waals surface area contributed by atoms with Crippen LogP contribution in [0.1, 0.15) is 42.5 Å². The van der Waals surface area contributed by atoms with Crippen LogP contribution in [-0.4, -0.2) is 4.98 Å². The largest absolute Gasteiger partial charge is 0.358 e. The van der Waals surface area contributed by atoms with E-state index in [1.165, 1.54) is 47.8 Å². The highest BCUT2D eigenvalue weighted by molar-refractivity contribution is 5.86. The Morgan fingerprint density at radius 2 is 1.94 bits per heavy atom. The van der Waals surface area contributed by atoms with Crippen LogP contribution in [0.5, 0.6) is 0 Å². The lowest BCUT2D eigenvalue weighted by Crippen LogP contribution is -2.18. The van der Waals surface area contributed by atoms with Crippen molar-refractivity contribution in [1.29, 1.82) is 0 Å². The number of hydrogen-bond acceptors (Lipinski definition) is 1. The molecule has 0 atom stereocenters. The van der Waals surface area contributed by atoms with Crippen LogP contribution in [0.4, 0.5) is 0 Å². The van der Waals surface area contributed by atoms with Gasteiger partial charge in [0.05, 0.1) is 0 Å². The molecule has 0 radical (unpaired) electrons. The maximum Gasteiger partial charge on any atom is 0.0459 e. The summed E-state index contributed by atoms with van der Waals surface area (Å²) >= 11 is 0. The van der Waals surface area contributed by atoms with Crippen LogP contribution in [0.2, 0.25) is 0 Å². The van der Waals surface area contributed by atoms with E-state index in [4.69, 9.17) is 5.73 Å². The van der Waals surface area contributed by atoms with Crippen LogP contribution in [0.15, 0.2) is 18.2 Å². The molecule has 0 spiro atoms. The number of rotatable bonds is 1. The van der Waals surface area contributed by atoms with Crippen molar-refractivity contribution in [3.63, 3.8) is 0 Å². The van der Waals surface area contributed by atoms with E-state index in [1.54, 1.807) is 5.56 Å². The first-order chi connectivity index (χ1) is 8.26. The SMILES string of the molecule is NC1(c2ccc3[nH]c4c(c3c2)CCCC4)CC1. The number of nitrogens with one attached hydrogen (secondary N) is 1. The van der Waals surface area contributed by atoms with Crippen molar-refractivity contribution < 1.29 is 0 Å². The molecule has 1 fully saturated rings. The summed E-state index contributed by atoms with van der Waals surface area (Å²) in [4.78, 5) is 3.57. The van der Waals surface area contributed by atoms with Crippen LogP contribution < -0.4 is 5.73 Å². The van der Waals surface area contributed by atoms with Gasteiger partial charge >= 0.3 is 0 Å². The molecular weight excluding hydrogens is 208 g/mol. The molecule has 0 unspecified atom stereocenters. The lowest BCUT2D eigenvalue weighted by Gasteiger charge is -2.12. The zero-order valence-electron chi connectivity index (χ0n) is 10.1. The average Bonchev–Trinajstić information content (AvgIpc) is 3.00. The van der Waals surface area contributed by atoms with Gasteiger partial charge in [-0.05, 0) is 61.8 Å². The minimum Gasteiger partial charge on any atom is -0.358 e. The predicted molar refractivity (Wildman–Crippen MR) is 70.0 cm³/mol. The second-order valence-corrected chi connectivity index (χ2v) is 5.71. The monoisotopic (exact) mass is 226 g/mol. The molecule has 2 aliphatic carbocycles. The van der Waals surface area contributed by atoms with E-state index >= 15 is 0 Å². The third-order valence-electron chi connectivity index (χ3n) is 4.46. The van der Waals surface area contributed by atoms with Gasteiger partial charge in [-0.25, -0.2) is 0 Å². The summed E-state index contributed by atoms with van der Waals surface area (Å²) in [6.07, 6.45) is 7.39. The first-order valence-electron chi connectivity index (χ1n) is 6.69. The van der Waals surface area contributed by atoms with Crippen LogP contribution in [-0.2, 0) is 18.4 Å².